The van der Waals surface area contributed by atoms with E-state index in [1.165, 1.54) is 4.31 Å². The van der Waals surface area contributed by atoms with Gasteiger partial charge < -0.3 is 9.47 Å². The molecule has 0 aromatic heterocycles. The SMILES string of the molecule is CCOC(=O)CCC1(c2ccc(CN3[C@@H](C)CC[C@H](C4C=CC=CC4)S3(=O)=O)c(F)c2)CCOCC1. The maximum atomic E-state index is 15.5. The highest BCUT2D eigenvalue weighted by molar-refractivity contribution is 7.89. The summed E-state index contributed by atoms with van der Waals surface area (Å²) in [4.78, 5) is 12.0. The van der Waals surface area contributed by atoms with Crippen molar-refractivity contribution in [3.8, 4) is 0 Å². The fourth-order valence-electron chi connectivity index (χ4n) is 5.87. The Morgan fingerprint density at radius 2 is 2.00 bits per heavy atom. The molecule has 0 saturated carbocycles. The molecule has 4 rings (SSSR count). The second-order valence-electron chi connectivity index (χ2n) is 10.3. The number of halogens is 1. The summed E-state index contributed by atoms with van der Waals surface area (Å²) in [5, 5.41) is -0.481. The molecule has 36 heavy (non-hydrogen) atoms. The van der Waals surface area contributed by atoms with Crippen LogP contribution < -0.4 is 0 Å². The summed E-state index contributed by atoms with van der Waals surface area (Å²) < 4.78 is 54.9. The van der Waals surface area contributed by atoms with Crippen molar-refractivity contribution in [1.29, 1.82) is 0 Å². The van der Waals surface area contributed by atoms with E-state index in [1.54, 1.807) is 19.1 Å². The molecule has 2 aliphatic heterocycles. The predicted molar refractivity (Wildman–Crippen MR) is 137 cm³/mol. The number of hydrogen-bond donors (Lipinski definition) is 0. The van der Waals surface area contributed by atoms with Gasteiger partial charge in [0.2, 0.25) is 10.0 Å². The minimum absolute atomic E-state index is 0.0251. The maximum absolute atomic E-state index is 15.5. The van der Waals surface area contributed by atoms with E-state index in [-0.39, 0.29) is 36.3 Å². The van der Waals surface area contributed by atoms with Crippen LogP contribution in [0.15, 0.2) is 42.5 Å². The summed E-state index contributed by atoms with van der Waals surface area (Å²) in [5.41, 5.74) is 0.852. The van der Waals surface area contributed by atoms with Crippen LogP contribution in [0.1, 0.15) is 69.9 Å². The van der Waals surface area contributed by atoms with Crippen LogP contribution in [0.4, 0.5) is 4.39 Å². The quantitative estimate of drug-likeness (QED) is 0.451. The molecule has 0 amide bonds. The number of sulfonamides is 1. The number of hydrogen-bond acceptors (Lipinski definition) is 5. The second-order valence-corrected chi connectivity index (χ2v) is 12.4. The van der Waals surface area contributed by atoms with Crippen LogP contribution in [0.25, 0.3) is 0 Å². The maximum Gasteiger partial charge on any atom is 0.305 e. The minimum Gasteiger partial charge on any atom is -0.466 e. The molecule has 0 spiro atoms. The minimum atomic E-state index is -3.58. The molecule has 2 fully saturated rings. The molecule has 3 atom stereocenters. The molecule has 198 valence electrons. The van der Waals surface area contributed by atoms with Gasteiger partial charge in [-0.1, -0.05) is 36.4 Å². The zero-order valence-electron chi connectivity index (χ0n) is 21.3. The standard InChI is InChI=1S/C28H38FNO5S/c1-3-35-27(31)13-14-28(15-17-34-18-16-28)24-11-10-23(25(29)19-24)20-30-21(2)9-12-26(36(30,32)33)22-7-5-4-6-8-22/h4-7,10-11,19,21-22,26H,3,8-9,12-18,20H2,1-2H3/t21-,22?,26+/m0/s1. The highest BCUT2D eigenvalue weighted by Crippen LogP contribution is 2.40. The number of carbonyl (C=O) groups excluding carboxylic acids is 1. The van der Waals surface area contributed by atoms with Crippen LogP contribution >= 0.6 is 0 Å². The van der Waals surface area contributed by atoms with Crippen molar-refractivity contribution >= 4 is 16.0 Å². The van der Waals surface area contributed by atoms with Crippen molar-refractivity contribution in [1.82, 2.24) is 4.31 Å². The summed E-state index contributed by atoms with van der Waals surface area (Å²) in [7, 11) is -3.58. The third-order valence-corrected chi connectivity index (χ3v) is 10.6. The van der Waals surface area contributed by atoms with E-state index in [2.05, 4.69) is 0 Å². The van der Waals surface area contributed by atoms with Crippen LogP contribution in [-0.2, 0) is 36.3 Å². The van der Waals surface area contributed by atoms with Gasteiger partial charge in [-0.05, 0) is 69.9 Å². The normalized spacial score (nSPS) is 27.6. The van der Waals surface area contributed by atoms with Gasteiger partial charge in [-0.25, -0.2) is 12.8 Å². The Kier molecular flexibility index (Phi) is 8.68. The Morgan fingerprint density at radius 1 is 1.22 bits per heavy atom. The number of benzene rings is 1. The first kappa shape index (κ1) is 27.0. The summed E-state index contributed by atoms with van der Waals surface area (Å²) in [6.45, 7) is 5.17. The molecule has 1 aromatic rings. The molecule has 2 heterocycles. The Morgan fingerprint density at radius 3 is 2.67 bits per heavy atom. The smallest absolute Gasteiger partial charge is 0.305 e. The van der Waals surface area contributed by atoms with E-state index in [0.29, 0.717) is 57.5 Å². The van der Waals surface area contributed by atoms with Gasteiger partial charge in [-0.3, -0.25) is 4.79 Å². The molecule has 1 unspecified atom stereocenters. The zero-order valence-corrected chi connectivity index (χ0v) is 22.1. The van der Waals surface area contributed by atoms with Gasteiger partial charge in [0.05, 0.1) is 11.9 Å². The Balaban J connectivity index is 1.54. The first-order valence-corrected chi connectivity index (χ1v) is 14.6. The van der Waals surface area contributed by atoms with E-state index < -0.39 is 21.1 Å². The Hall–Kier alpha value is -2.03. The molecular weight excluding hydrogens is 481 g/mol. The lowest BCUT2D eigenvalue weighted by atomic mass is 9.71. The largest absolute Gasteiger partial charge is 0.466 e. The van der Waals surface area contributed by atoms with Crippen LogP contribution in [-0.4, -0.2) is 49.8 Å². The van der Waals surface area contributed by atoms with Gasteiger partial charge in [0, 0.05) is 43.2 Å². The Bertz CT molecular complexity index is 1090. The lowest BCUT2D eigenvalue weighted by Gasteiger charge is -2.40. The van der Waals surface area contributed by atoms with E-state index in [0.717, 1.165) is 12.0 Å². The van der Waals surface area contributed by atoms with Crippen molar-refractivity contribution in [3.63, 3.8) is 0 Å². The van der Waals surface area contributed by atoms with E-state index in [9.17, 15) is 13.2 Å². The van der Waals surface area contributed by atoms with Crippen molar-refractivity contribution in [2.24, 2.45) is 5.92 Å². The van der Waals surface area contributed by atoms with E-state index >= 15 is 4.39 Å². The number of allylic oxidation sites excluding steroid dienone is 4. The van der Waals surface area contributed by atoms with Gasteiger partial charge in [0.1, 0.15) is 5.82 Å². The van der Waals surface area contributed by atoms with Crippen molar-refractivity contribution in [2.45, 2.75) is 82.0 Å². The van der Waals surface area contributed by atoms with Crippen LogP contribution in [0, 0.1) is 11.7 Å². The number of rotatable bonds is 8. The Labute approximate surface area is 214 Å². The lowest BCUT2D eigenvalue weighted by Crippen LogP contribution is -2.50. The highest BCUT2D eigenvalue weighted by atomic mass is 32.2. The zero-order chi connectivity index (χ0) is 25.8. The summed E-state index contributed by atoms with van der Waals surface area (Å²) in [6.07, 6.45) is 12.2. The van der Waals surface area contributed by atoms with Gasteiger partial charge in [0.15, 0.2) is 0 Å². The van der Waals surface area contributed by atoms with Crippen LogP contribution in [0.5, 0.6) is 0 Å². The molecule has 0 radical (unpaired) electrons. The number of carbonyl (C=O) groups is 1. The summed E-state index contributed by atoms with van der Waals surface area (Å²) in [6, 6.07) is 4.99. The first-order valence-electron chi connectivity index (χ1n) is 13.1. The molecule has 0 bridgehead atoms. The number of ether oxygens (including phenoxy) is 2. The summed E-state index contributed by atoms with van der Waals surface area (Å²) in [5.74, 6) is -0.697. The summed E-state index contributed by atoms with van der Waals surface area (Å²) >= 11 is 0. The molecule has 3 aliphatic rings. The topological polar surface area (TPSA) is 72.9 Å². The highest BCUT2D eigenvalue weighted by Gasteiger charge is 2.43. The van der Waals surface area contributed by atoms with Crippen LogP contribution in [0.3, 0.4) is 0 Å². The molecule has 8 heteroatoms. The third kappa shape index (κ3) is 5.76. The van der Waals surface area contributed by atoms with Gasteiger partial charge in [0.25, 0.3) is 0 Å². The molecule has 1 aliphatic carbocycles. The van der Waals surface area contributed by atoms with Crippen LogP contribution in [0.2, 0.25) is 0 Å². The average Bonchev–Trinajstić information content (AvgIpc) is 2.87. The van der Waals surface area contributed by atoms with Gasteiger partial charge in [-0.15, -0.1) is 0 Å². The fraction of sp³-hybridized carbons (Fsp3) is 0.607. The lowest BCUT2D eigenvalue weighted by molar-refractivity contribution is -0.143. The fourth-order valence-corrected chi connectivity index (χ4v) is 8.22. The molecule has 6 nitrogen and oxygen atoms in total. The molecule has 1 aromatic carbocycles. The molecular formula is C28H38FNO5S. The third-order valence-electron chi connectivity index (χ3n) is 8.12. The molecule has 0 N–H and O–H groups in total. The molecule has 2 saturated heterocycles. The monoisotopic (exact) mass is 519 g/mol. The predicted octanol–water partition coefficient (Wildman–Crippen LogP) is 5.03. The van der Waals surface area contributed by atoms with Crippen molar-refractivity contribution < 1.29 is 27.1 Å². The number of esters is 1. The van der Waals surface area contributed by atoms with Crippen molar-refractivity contribution in [3.05, 3.63) is 59.4 Å². The van der Waals surface area contributed by atoms with E-state index in [1.807, 2.05) is 37.3 Å². The average molecular weight is 520 g/mol. The van der Waals surface area contributed by atoms with Gasteiger partial charge in [-0.2, -0.15) is 4.31 Å². The number of nitrogens with zero attached hydrogens (tertiary/aromatic N) is 1. The second kappa shape index (κ2) is 11.6. The van der Waals surface area contributed by atoms with Crippen molar-refractivity contribution in [2.75, 3.05) is 19.8 Å². The first-order chi connectivity index (χ1) is 17.3. The van der Waals surface area contributed by atoms with E-state index in [4.69, 9.17) is 9.47 Å². The van der Waals surface area contributed by atoms with Gasteiger partial charge >= 0.3 is 5.97 Å².